The molecule has 0 unspecified atom stereocenters. The van der Waals surface area contributed by atoms with Crippen LogP contribution in [-0.4, -0.2) is 26.2 Å². The number of carboxylic acid groups (broad SMARTS) is 1. The minimum atomic E-state index is -0.997. The molecule has 6 heteroatoms. The summed E-state index contributed by atoms with van der Waals surface area (Å²) in [6.45, 7) is 0. The van der Waals surface area contributed by atoms with Gasteiger partial charge in [-0.1, -0.05) is 42.5 Å². The number of aromatic carboxylic acids is 1. The Bertz CT molecular complexity index is 1160. The van der Waals surface area contributed by atoms with Crippen LogP contribution in [0.25, 0.3) is 16.9 Å². The SMILES string of the molecule is Nc1nc2ccc(C(=O)c3ccccc3)cn2c1-c1ccc(C(=O)O)cc1. The fourth-order valence-corrected chi connectivity index (χ4v) is 3.01. The average molecular weight is 357 g/mol. The van der Waals surface area contributed by atoms with Crippen LogP contribution in [0.3, 0.4) is 0 Å². The van der Waals surface area contributed by atoms with Gasteiger partial charge >= 0.3 is 5.97 Å². The number of pyridine rings is 1. The normalized spacial score (nSPS) is 10.8. The summed E-state index contributed by atoms with van der Waals surface area (Å²) in [5.41, 5.74) is 9.32. The first-order valence-electron chi connectivity index (χ1n) is 8.25. The molecule has 4 rings (SSSR count). The number of anilines is 1. The van der Waals surface area contributed by atoms with Gasteiger partial charge in [0.25, 0.3) is 0 Å². The van der Waals surface area contributed by atoms with Crippen molar-refractivity contribution in [3.8, 4) is 11.3 Å². The monoisotopic (exact) mass is 357 g/mol. The third-order valence-electron chi connectivity index (χ3n) is 4.35. The number of aromatic nitrogens is 2. The first kappa shape index (κ1) is 16.5. The summed E-state index contributed by atoms with van der Waals surface area (Å²) < 4.78 is 1.75. The van der Waals surface area contributed by atoms with Crippen molar-refractivity contribution in [3.63, 3.8) is 0 Å². The molecular weight excluding hydrogens is 342 g/mol. The largest absolute Gasteiger partial charge is 0.478 e. The lowest BCUT2D eigenvalue weighted by molar-refractivity contribution is 0.0696. The van der Waals surface area contributed by atoms with Gasteiger partial charge in [-0.2, -0.15) is 0 Å². The van der Waals surface area contributed by atoms with Crippen LogP contribution in [-0.2, 0) is 0 Å². The Kier molecular flexibility index (Phi) is 3.93. The number of hydrogen-bond acceptors (Lipinski definition) is 4. The van der Waals surface area contributed by atoms with Crippen LogP contribution in [0.15, 0.2) is 72.9 Å². The fourth-order valence-electron chi connectivity index (χ4n) is 3.01. The van der Waals surface area contributed by atoms with Crippen molar-refractivity contribution in [2.75, 3.05) is 5.73 Å². The van der Waals surface area contributed by atoms with Gasteiger partial charge in [-0.05, 0) is 24.3 Å². The molecule has 4 aromatic rings. The zero-order valence-corrected chi connectivity index (χ0v) is 14.2. The van der Waals surface area contributed by atoms with E-state index in [9.17, 15) is 9.59 Å². The Labute approximate surface area is 154 Å². The number of nitrogens with two attached hydrogens (primary N) is 1. The summed E-state index contributed by atoms with van der Waals surface area (Å²) in [6.07, 6.45) is 1.70. The van der Waals surface area contributed by atoms with E-state index in [4.69, 9.17) is 10.8 Å². The number of nitrogen functional groups attached to an aromatic ring is 1. The summed E-state index contributed by atoms with van der Waals surface area (Å²) in [6, 6.07) is 18.8. The topological polar surface area (TPSA) is 97.7 Å². The second kappa shape index (κ2) is 6.42. The lowest BCUT2D eigenvalue weighted by atomic mass is 10.0. The highest BCUT2D eigenvalue weighted by molar-refractivity contribution is 6.09. The zero-order valence-electron chi connectivity index (χ0n) is 14.2. The molecule has 0 aliphatic heterocycles. The summed E-state index contributed by atoms with van der Waals surface area (Å²) in [7, 11) is 0. The zero-order chi connectivity index (χ0) is 19.0. The van der Waals surface area contributed by atoms with Crippen LogP contribution < -0.4 is 5.73 Å². The van der Waals surface area contributed by atoms with Gasteiger partial charge in [0, 0.05) is 22.9 Å². The third kappa shape index (κ3) is 2.93. The number of hydrogen-bond donors (Lipinski definition) is 2. The number of fused-ring (bicyclic) bond motifs is 1. The second-order valence-corrected chi connectivity index (χ2v) is 6.07. The van der Waals surface area contributed by atoms with Crippen LogP contribution in [0.5, 0.6) is 0 Å². The number of nitrogens with zero attached hydrogens (tertiary/aromatic N) is 2. The molecule has 2 aromatic carbocycles. The van der Waals surface area contributed by atoms with E-state index in [2.05, 4.69) is 4.98 Å². The minimum Gasteiger partial charge on any atom is -0.478 e. The molecule has 0 saturated carbocycles. The van der Waals surface area contributed by atoms with Gasteiger partial charge in [0.05, 0.1) is 11.3 Å². The van der Waals surface area contributed by atoms with Crippen molar-refractivity contribution in [2.24, 2.45) is 0 Å². The molecule has 0 fully saturated rings. The third-order valence-corrected chi connectivity index (χ3v) is 4.35. The lowest BCUT2D eigenvalue weighted by Gasteiger charge is -2.06. The van der Waals surface area contributed by atoms with Crippen LogP contribution in [0.2, 0.25) is 0 Å². The molecule has 0 aliphatic rings. The average Bonchev–Trinajstić information content (AvgIpc) is 3.03. The molecule has 27 heavy (non-hydrogen) atoms. The van der Waals surface area contributed by atoms with Crippen LogP contribution in [0.4, 0.5) is 5.82 Å². The van der Waals surface area contributed by atoms with Gasteiger partial charge in [0.2, 0.25) is 0 Å². The number of benzene rings is 2. The molecule has 0 amide bonds. The molecule has 0 atom stereocenters. The van der Waals surface area contributed by atoms with Crippen LogP contribution in [0, 0.1) is 0 Å². The molecule has 0 spiro atoms. The highest BCUT2D eigenvalue weighted by Gasteiger charge is 2.15. The molecule has 0 bridgehead atoms. The highest BCUT2D eigenvalue weighted by Crippen LogP contribution is 2.28. The van der Waals surface area contributed by atoms with E-state index in [1.54, 1.807) is 47.0 Å². The predicted molar refractivity (Wildman–Crippen MR) is 102 cm³/mol. The van der Waals surface area contributed by atoms with E-state index in [-0.39, 0.29) is 11.3 Å². The second-order valence-electron chi connectivity index (χ2n) is 6.07. The first-order valence-corrected chi connectivity index (χ1v) is 8.25. The molecule has 0 radical (unpaired) electrons. The number of imidazole rings is 1. The number of carboxylic acids is 1. The molecule has 0 aliphatic carbocycles. The van der Waals surface area contributed by atoms with Crippen molar-refractivity contribution in [3.05, 3.63) is 89.6 Å². The maximum atomic E-state index is 12.7. The molecule has 2 heterocycles. The van der Waals surface area contributed by atoms with E-state index in [0.29, 0.717) is 33.8 Å². The Balaban J connectivity index is 1.83. The summed E-state index contributed by atoms with van der Waals surface area (Å²) in [4.78, 5) is 28.1. The maximum absolute atomic E-state index is 12.7. The Hall–Kier alpha value is -3.93. The smallest absolute Gasteiger partial charge is 0.335 e. The highest BCUT2D eigenvalue weighted by atomic mass is 16.4. The van der Waals surface area contributed by atoms with Gasteiger partial charge < -0.3 is 10.8 Å². The molecule has 2 aromatic heterocycles. The van der Waals surface area contributed by atoms with Gasteiger partial charge in [-0.25, -0.2) is 9.78 Å². The number of carbonyl (C=O) groups excluding carboxylic acids is 1. The number of carbonyl (C=O) groups is 2. The molecular formula is C21H15N3O3. The van der Waals surface area contributed by atoms with Crippen LogP contribution in [0.1, 0.15) is 26.3 Å². The Morgan fingerprint density at radius 2 is 1.52 bits per heavy atom. The lowest BCUT2D eigenvalue weighted by Crippen LogP contribution is -2.03. The van der Waals surface area contributed by atoms with Gasteiger partial charge in [-0.3, -0.25) is 9.20 Å². The first-order chi connectivity index (χ1) is 13.0. The van der Waals surface area contributed by atoms with E-state index in [1.807, 2.05) is 18.2 Å². The summed E-state index contributed by atoms with van der Waals surface area (Å²) in [5.74, 6) is -0.789. The molecule has 6 nitrogen and oxygen atoms in total. The number of ketones is 1. The van der Waals surface area contributed by atoms with E-state index >= 15 is 0 Å². The maximum Gasteiger partial charge on any atom is 0.335 e. The predicted octanol–water partition coefficient (Wildman–Crippen LogP) is 3.51. The van der Waals surface area contributed by atoms with Gasteiger partial charge in [-0.15, -0.1) is 0 Å². The van der Waals surface area contributed by atoms with Crippen molar-refractivity contribution < 1.29 is 14.7 Å². The van der Waals surface area contributed by atoms with E-state index in [0.717, 1.165) is 0 Å². The van der Waals surface area contributed by atoms with Crippen molar-refractivity contribution in [2.45, 2.75) is 0 Å². The summed E-state index contributed by atoms with van der Waals surface area (Å²) >= 11 is 0. The standard InChI is InChI=1S/C21H15N3O3/c22-20-18(13-6-8-15(9-7-13)21(26)27)24-12-16(10-11-17(24)23-20)19(25)14-4-2-1-3-5-14/h1-12H,22H2,(H,26,27). The quantitative estimate of drug-likeness (QED) is 0.545. The van der Waals surface area contributed by atoms with Crippen molar-refractivity contribution >= 4 is 23.2 Å². The molecule has 0 saturated heterocycles. The molecule has 132 valence electrons. The fraction of sp³-hybridized carbons (Fsp3) is 0. The molecule has 3 N–H and O–H groups in total. The van der Waals surface area contributed by atoms with Gasteiger partial charge in [0.1, 0.15) is 5.65 Å². The van der Waals surface area contributed by atoms with Gasteiger partial charge in [0.15, 0.2) is 11.6 Å². The Morgan fingerprint density at radius 3 is 2.19 bits per heavy atom. The van der Waals surface area contributed by atoms with Crippen molar-refractivity contribution in [1.82, 2.24) is 9.38 Å². The Morgan fingerprint density at radius 1 is 0.852 bits per heavy atom. The minimum absolute atomic E-state index is 0.100. The van der Waals surface area contributed by atoms with Crippen LogP contribution >= 0.6 is 0 Å². The van der Waals surface area contributed by atoms with E-state index < -0.39 is 5.97 Å². The van der Waals surface area contributed by atoms with Crippen molar-refractivity contribution in [1.29, 1.82) is 0 Å². The summed E-state index contributed by atoms with van der Waals surface area (Å²) in [5, 5.41) is 9.06. The van der Waals surface area contributed by atoms with E-state index in [1.165, 1.54) is 12.1 Å². The number of rotatable bonds is 4.